The third-order valence-corrected chi connectivity index (χ3v) is 7.33. The number of hydrogen-bond donors (Lipinski definition) is 2. The minimum atomic E-state index is -1.44. The zero-order valence-electron chi connectivity index (χ0n) is 16.7. The number of nitrogens with two attached hydrogens (primary N) is 1. The molecule has 1 aromatic heterocycles. The van der Waals surface area contributed by atoms with Gasteiger partial charge in [0.25, 0.3) is 0 Å². The lowest BCUT2D eigenvalue weighted by molar-refractivity contribution is 0.0694. The molecule has 30 heavy (non-hydrogen) atoms. The summed E-state index contributed by atoms with van der Waals surface area (Å²) in [5.41, 5.74) is 5.01. The number of ether oxygens (including phenoxy) is 1. The standard InChI is InChI=1S/C21H23F2N3O4/c1-20-3-4-21(20,24)9-25(8-20)16-13(23)5-10-15(18(16)30-2)26(14-6-12(14)22)7-11(17(10)27)19(28)29/h5,7,12,14H,3-4,6,8-9,24H2,1-2H3,(H,28,29)/t12-,14+,20-,21-/m0/s1. The van der Waals surface area contributed by atoms with Crippen LogP contribution in [-0.2, 0) is 0 Å². The number of halogens is 2. The molecule has 4 atom stereocenters. The van der Waals surface area contributed by atoms with Gasteiger partial charge in [-0.1, -0.05) is 6.92 Å². The highest BCUT2D eigenvalue weighted by Gasteiger charge is 2.59. The van der Waals surface area contributed by atoms with Gasteiger partial charge in [0.05, 0.1) is 24.1 Å². The van der Waals surface area contributed by atoms with E-state index in [1.54, 1.807) is 0 Å². The smallest absolute Gasteiger partial charge is 0.341 e. The molecule has 3 aliphatic rings. The summed E-state index contributed by atoms with van der Waals surface area (Å²) in [6.45, 7) is 3.05. The van der Waals surface area contributed by atoms with E-state index in [9.17, 15) is 19.1 Å². The molecule has 2 aromatic rings. The van der Waals surface area contributed by atoms with Gasteiger partial charge in [0.1, 0.15) is 17.4 Å². The monoisotopic (exact) mass is 419 g/mol. The van der Waals surface area contributed by atoms with Gasteiger partial charge in [-0.05, 0) is 18.9 Å². The van der Waals surface area contributed by atoms with Crippen LogP contribution >= 0.6 is 0 Å². The van der Waals surface area contributed by atoms with Gasteiger partial charge in [-0.3, -0.25) is 4.79 Å². The molecule has 0 radical (unpaired) electrons. The number of hydrogen-bond acceptors (Lipinski definition) is 5. The average molecular weight is 419 g/mol. The van der Waals surface area contributed by atoms with Gasteiger partial charge in [0.15, 0.2) is 11.6 Å². The summed E-state index contributed by atoms with van der Waals surface area (Å²) in [5, 5.41) is 9.27. The minimum absolute atomic E-state index is 0.103. The molecule has 1 aliphatic heterocycles. The molecule has 2 saturated carbocycles. The first-order valence-corrected chi connectivity index (χ1v) is 9.97. The zero-order valence-corrected chi connectivity index (χ0v) is 16.7. The molecule has 5 rings (SSSR count). The number of aromatic carboxylic acids is 1. The van der Waals surface area contributed by atoms with Crippen molar-refractivity contribution in [2.75, 3.05) is 25.1 Å². The number of rotatable bonds is 4. The maximum atomic E-state index is 15.3. The van der Waals surface area contributed by atoms with Gasteiger partial charge >= 0.3 is 5.97 Å². The molecular formula is C21H23F2N3O4. The van der Waals surface area contributed by atoms with Crippen LogP contribution in [0.25, 0.3) is 10.9 Å². The third-order valence-electron chi connectivity index (χ3n) is 7.33. The molecule has 0 spiro atoms. The van der Waals surface area contributed by atoms with E-state index in [-0.39, 0.29) is 34.2 Å². The number of anilines is 1. The van der Waals surface area contributed by atoms with Crippen LogP contribution < -0.4 is 20.8 Å². The fraction of sp³-hybridized carbons (Fsp3) is 0.524. The van der Waals surface area contributed by atoms with E-state index in [2.05, 4.69) is 6.92 Å². The van der Waals surface area contributed by atoms with Crippen molar-refractivity contribution in [3.8, 4) is 5.75 Å². The molecular weight excluding hydrogens is 396 g/mol. The second kappa shape index (κ2) is 5.94. The quantitative estimate of drug-likeness (QED) is 0.790. The van der Waals surface area contributed by atoms with Crippen LogP contribution in [0.1, 0.15) is 42.6 Å². The van der Waals surface area contributed by atoms with Gasteiger partial charge in [-0.2, -0.15) is 0 Å². The Bertz CT molecular complexity index is 1150. The van der Waals surface area contributed by atoms with Crippen molar-refractivity contribution < 1.29 is 23.4 Å². The van der Waals surface area contributed by atoms with E-state index in [0.717, 1.165) is 25.1 Å². The lowest BCUT2D eigenvalue weighted by Crippen LogP contribution is -2.61. The van der Waals surface area contributed by atoms with Crippen LogP contribution in [0.2, 0.25) is 0 Å². The molecule has 0 unspecified atom stereocenters. The van der Waals surface area contributed by atoms with Crippen LogP contribution in [0.4, 0.5) is 14.5 Å². The number of carboxylic acid groups (broad SMARTS) is 1. The number of alkyl halides is 1. The van der Waals surface area contributed by atoms with E-state index in [4.69, 9.17) is 10.5 Å². The Kier molecular flexibility index (Phi) is 3.82. The lowest BCUT2D eigenvalue weighted by atomic mass is 9.58. The molecule has 3 N–H and O–H groups in total. The number of carboxylic acids is 1. The highest BCUT2D eigenvalue weighted by atomic mass is 19.1. The van der Waals surface area contributed by atoms with E-state index < -0.39 is 40.5 Å². The van der Waals surface area contributed by atoms with Crippen molar-refractivity contribution in [2.45, 2.75) is 43.9 Å². The molecule has 9 heteroatoms. The summed E-state index contributed by atoms with van der Waals surface area (Å²) in [6.07, 6.45) is 1.96. The van der Waals surface area contributed by atoms with Crippen molar-refractivity contribution in [3.05, 3.63) is 33.9 Å². The zero-order chi connectivity index (χ0) is 21.6. The molecule has 1 aromatic carbocycles. The number of carbonyl (C=O) groups is 1. The summed E-state index contributed by atoms with van der Waals surface area (Å²) in [6, 6.07) is 0.423. The Morgan fingerprint density at radius 2 is 2.07 bits per heavy atom. The Balaban J connectivity index is 1.78. The normalized spacial score (nSPS) is 32.1. The van der Waals surface area contributed by atoms with Crippen molar-refractivity contribution >= 4 is 22.6 Å². The minimum Gasteiger partial charge on any atom is -0.492 e. The van der Waals surface area contributed by atoms with Gasteiger partial charge in [-0.25, -0.2) is 13.6 Å². The molecule has 0 bridgehead atoms. The highest BCUT2D eigenvalue weighted by Crippen LogP contribution is 2.55. The van der Waals surface area contributed by atoms with Crippen molar-refractivity contribution in [3.63, 3.8) is 0 Å². The van der Waals surface area contributed by atoms with E-state index in [1.807, 2.05) is 4.90 Å². The first-order valence-electron chi connectivity index (χ1n) is 9.97. The number of pyridine rings is 1. The molecule has 160 valence electrons. The highest BCUT2D eigenvalue weighted by molar-refractivity contribution is 5.97. The Labute approximate surface area is 171 Å². The van der Waals surface area contributed by atoms with Crippen LogP contribution in [-0.4, -0.2) is 47.6 Å². The number of fused-ring (bicyclic) bond motifs is 2. The van der Waals surface area contributed by atoms with E-state index in [1.165, 1.54) is 11.7 Å². The largest absolute Gasteiger partial charge is 0.492 e. The molecule has 3 fully saturated rings. The average Bonchev–Trinajstić information content (AvgIpc) is 3.38. The molecule has 0 amide bonds. The first-order chi connectivity index (χ1) is 14.1. The Morgan fingerprint density at radius 1 is 1.37 bits per heavy atom. The Hall–Kier alpha value is -2.68. The number of benzene rings is 1. The van der Waals surface area contributed by atoms with E-state index in [0.29, 0.717) is 13.1 Å². The maximum Gasteiger partial charge on any atom is 0.341 e. The predicted molar refractivity (Wildman–Crippen MR) is 107 cm³/mol. The van der Waals surface area contributed by atoms with Crippen molar-refractivity contribution in [1.82, 2.24) is 4.57 Å². The first kappa shape index (κ1) is 19.3. The predicted octanol–water partition coefficient (Wildman–Crippen LogP) is 2.45. The molecule has 1 saturated heterocycles. The van der Waals surface area contributed by atoms with Gasteiger partial charge in [0.2, 0.25) is 5.43 Å². The molecule has 2 heterocycles. The number of methoxy groups -OCH3 is 1. The summed E-state index contributed by atoms with van der Waals surface area (Å²) >= 11 is 0. The van der Waals surface area contributed by atoms with Crippen molar-refractivity contribution in [1.29, 1.82) is 0 Å². The summed E-state index contributed by atoms with van der Waals surface area (Å²) in [4.78, 5) is 26.2. The number of nitrogens with zero attached hydrogens (tertiary/aromatic N) is 2. The van der Waals surface area contributed by atoms with Crippen LogP contribution in [0.15, 0.2) is 17.1 Å². The second-order valence-corrected chi connectivity index (χ2v) is 9.11. The fourth-order valence-corrected chi connectivity index (χ4v) is 5.14. The van der Waals surface area contributed by atoms with Crippen LogP contribution in [0.5, 0.6) is 5.75 Å². The Morgan fingerprint density at radius 3 is 2.53 bits per heavy atom. The molecule has 7 nitrogen and oxygen atoms in total. The lowest BCUT2D eigenvalue weighted by Gasteiger charge is -2.49. The fourth-order valence-electron chi connectivity index (χ4n) is 5.14. The molecule has 2 aliphatic carbocycles. The summed E-state index contributed by atoms with van der Waals surface area (Å²) in [7, 11) is 1.36. The summed E-state index contributed by atoms with van der Waals surface area (Å²) in [5.74, 6) is -2.03. The topological polar surface area (TPSA) is 97.8 Å². The van der Waals surface area contributed by atoms with Gasteiger partial charge < -0.3 is 25.0 Å². The van der Waals surface area contributed by atoms with Crippen LogP contribution in [0, 0.1) is 11.2 Å². The summed E-state index contributed by atoms with van der Waals surface area (Å²) < 4.78 is 36.3. The van der Waals surface area contributed by atoms with Crippen molar-refractivity contribution in [2.24, 2.45) is 11.1 Å². The van der Waals surface area contributed by atoms with Crippen LogP contribution in [0.3, 0.4) is 0 Å². The third kappa shape index (κ3) is 2.38. The van der Waals surface area contributed by atoms with E-state index >= 15 is 4.39 Å². The van der Waals surface area contributed by atoms with Gasteiger partial charge in [0, 0.05) is 36.7 Å². The SMILES string of the molecule is COc1c(N2C[C@]3(C)CC[C@]3(N)C2)c(F)cc2c(=O)c(C(=O)O)cn([C@@H]3C[C@@H]3F)c12. The number of aromatic nitrogens is 1. The second-order valence-electron chi connectivity index (χ2n) is 9.11. The van der Waals surface area contributed by atoms with Gasteiger partial charge in [-0.15, -0.1) is 0 Å². The maximum absolute atomic E-state index is 15.3.